The largest absolute Gasteiger partial charge is 0.493 e. The van der Waals surface area contributed by atoms with Gasteiger partial charge in [-0.1, -0.05) is 17.7 Å². The number of piperazine rings is 1. The van der Waals surface area contributed by atoms with Crippen molar-refractivity contribution < 1.29 is 9.47 Å². The van der Waals surface area contributed by atoms with E-state index >= 15 is 0 Å². The Kier molecular flexibility index (Phi) is 5.45. The van der Waals surface area contributed by atoms with E-state index in [9.17, 15) is 4.79 Å². The van der Waals surface area contributed by atoms with E-state index in [1.165, 1.54) is 5.56 Å². The zero-order valence-corrected chi connectivity index (χ0v) is 15.0. The summed E-state index contributed by atoms with van der Waals surface area (Å²) in [5.74, 6) is 1.47. The van der Waals surface area contributed by atoms with Crippen LogP contribution in [0.3, 0.4) is 0 Å². The molecule has 0 saturated carbocycles. The second-order valence-corrected chi connectivity index (χ2v) is 6.23. The number of rotatable bonds is 5. The van der Waals surface area contributed by atoms with Gasteiger partial charge in [0, 0.05) is 32.7 Å². The Hall–Kier alpha value is -2.25. The minimum atomic E-state index is -0.355. The van der Waals surface area contributed by atoms with Crippen molar-refractivity contribution in [3.63, 3.8) is 0 Å². The number of nitrogens with zero attached hydrogens (tertiary/aromatic N) is 3. The van der Waals surface area contributed by atoms with Crippen LogP contribution < -0.4 is 19.9 Å². The van der Waals surface area contributed by atoms with Gasteiger partial charge >= 0.3 is 0 Å². The molecule has 0 atom stereocenters. The zero-order valence-electron chi connectivity index (χ0n) is 14.3. The number of halogens is 1. The van der Waals surface area contributed by atoms with Crippen LogP contribution in [0, 0.1) is 0 Å². The number of ether oxygens (including phenoxy) is 2. The van der Waals surface area contributed by atoms with Crippen molar-refractivity contribution in [3.05, 3.63) is 45.3 Å². The van der Waals surface area contributed by atoms with Gasteiger partial charge < -0.3 is 14.4 Å². The molecule has 1 fully saturated rings. The third kappa shape index (κ3) is 3.88. The molecule has 1 aromatic heterocycles. The van der Waals surface area contributed by atoms with E-state index in [1.807, 2.05) is 18.2 Å². The second kappa shape index (κ2) is 7.76. The van der Waals surface area contributed by atoms with E-state index < -0.39 is 0 Å². The smallest absolute Gasteiger partial charge is 0.285 e. The van der Waals surface area contributed by atoms with E-state index in [1.54, 1.807) is 20.4 Å². The van der Waals surface area contributed by atoms with Crippen molar-refractivity contribution in [1.82, 2.24) is 15.1 Å². The third-order valence-corrected chi connectivity index (χ3v) is 4.71. The molecular formula is C17H21ClN4O3. The number of methoxy groups -OCH3 is 2. The molecule has 1 aliphatic rings. The van der Waals surface area contributed by atoms with Crippen LogP contribution in [0.2, 0.25) is 5.02 Å². The van der Waals surface area contributed by atoms with Crippen LogP contribution in [0.15, 0.2) is 29.2 Å². The minimum absolute atomic E-state index is 0.198. The summed E-state index contributed by atoms with van der Waals surface area (Å²) >= 11 is 6.09. The summed E-state index contributed by atoms with van der Waals surface area (Å²) in [6, 6.07) is 5.97. The van der Waals surface area contributed by atoms with E-state index in [-0.39, 0.29) is 10.6 Å². The zero-order chi connectivity index (χ0) is 17.8. The highest BCUT2D eigenvalue weighted by molar-refractivity contribution is 6.32. The first kappa shape index (κ1) is 17.6. The second-order valence-electron chi connectivity index (χ2n) is 5.85. The van der Waals surface area contributed by atoms with Gasteiger partial charge in [-0.3, -0.25) is 9.69 Å². The molecule has 0 bridgehead atoms. The molecule has 3 rings (SSSR count). The first-order chi connectivity index (χ1) is 12.1. The van der Waals surface area contributed by atoms with E-state index in [0.717, 1.165) is 44.2 Å². The molecule has 8 heteroatoms. The summed E-state index contributed by atoms with van der Waals surface area (Å²) in [5.41, 5.74) is 1.50. The van der Waals surface area contributed by atoms with Crippen molar-refractivity contribution >= 4 is 17.3 Å². The van der Waals surface area contributed by atoms with Crippen LogP contribution in [0.25, 0.3) is 0 Å². The Morgan fingerprint density at radius 3 is 2.56 bits per heavy atom. The molecule has 0 aliphatic carbocycles. The molecular weight excluding hydrogens is 344 g/mol. The topological polar surface area (TPSA) is 70.7 Å². The lowest BCUT2D eigenvalue weighted by Gasteiger charge is -2.36. The number of aromatic nitrogens is 2. The Morgan fingerprint density at radius 2 is 1.88 bits per heavy atom. The maximum absolute atomic E-state index is 11.6. The van der Waals surface area contributed by atoms with Gasteiger partial charge in [-0.15, -0.1) is 0 Å². The van der Waals surface area contributed by atoms with E-state index in [2.05, 4.69) is 20.0 Å². The molecule has 2 heterocycles. The molecule has 0 unspecified atom stereocenters. The summed E-state index contributed by atoms with van der Waals surface area (Å²) in [7, 11) is 3.27. The average Bonchev–Trinajstić information content (AvgIpc) is 2.64. The van der Waals surface area contributed by atoms with Gasteiger partial charge in [0.15, 0.2) is 11.5 Å². The van der Waals surface area contributed by atoms with Gasteiger partial charge in [0.1, 0.15) is 5.02 Å². The molecule has 25 heavy (non-hydrogen) atoms. The standard InChI is InChI=1S/C17H21ClN4O3/c1-24-14-4-3-12(9-15(14)25-2)11-21-5-7-22(8-6-21)13-10-19-20-17(23)16(13)18/h3-4,9-10H,5-8,11H2,1-2H3,(H,20,23). The maximum Gasteiger partial charge on any atom is 0.285 e. The molecule has 2 aromatic rings. The SMILES string of the molecule is COc1ccc(CN2CCN(c3cn[nH]c(=O)c3Cl)CC2)cc1OC. The summed E-state index contributed by atoms with van der Waals surface area (Å²) in [6.45, 7) is 4.15. The highest BCUT2D eigenvalue weighted by atomic mass is 35.5. The van der Waals surface area contributed by atoms with Crippen LogP contribution in [0.1, 0.15) is 5.56 Å². The number of hydrogen-bond donors (Lipinski definition) is 1. The van der Waals surface area contributed by atoms with Gasteiger partial charge in [0.25, 0.3) is 5.56 Å². The summed E-state index contributed by atoms with van der Waals surface area (Å²) in [4.78, 5) is 16.0. The Bertz CT molecular complexity index is 788. The van der Waals surface area contributed by atoms with Crippen molar-refractivity contribution in [1.29, 1.82) is 0 Å². The quantitative estimate of drug-likeness (QED) is 0.871. The fourth-order valence-electron chi connectivity index (χ4n) is 2.98. The number of H-pyrrole nitrogens is 1. The molecule has 7 nitrogen and oxygen atoms in total. The first-order valence-electron chi connectivity index (χ1n) is 8.03. The van der Waals surface area contributed by atoms with Crippen LogP contribution in [0.4, 0.5) is 5.69 Å². The van der Waals surface area contributed by atoms with Crippen molar-refractivity contribution in [2.45, 2.75) is 6.54 Å². The average molecular weight is 365 g/mol. The van der Waals surface area contributed by atoms with Crippen molar-refractivity contribution in [2.75, 3.05) is 45.3 Å². The molecule has 0 radical (unpaired) electrons. The minimum Gasteiger partial charge on any atom is -0.493 e. The summed E-state index contributed by atoms with van der Waals surface area (Å²) < 4.78 is 10.6. The Labute approximate surface area is 151 Å². The van der Waals surface area contributed by atoms with Crippen LogP contribution >= 0.6 is 11.6 Å². The predicted molar refractivity (Wildman–Crippen MR) is 96.9 cm³/mol. The maximum atomic E-state index is 11.6. The number of aromatic amines is 1. The lowest BCUT2D eigenvalue weighted by atomic mass is 10.1. The summed E-state index contributed by atoms with van der Waals surface area (Å²) in [6.07, 6.45) is 1.60. The van der Waals surface area contributed by atoms with Crippen LogP contribution in [0.5, 0.6) is 11.5 Å². The number of anilines is 1. The molecule has 0 amide bonds. The lowest BCUT2D eigenvalue weighted by molar-refractivity contribution is 0.249. The third-order valence-electron chi connectivity index (χ3n) is 4.34. The first-order valence-corrected chi connectivity index (χ1v) is 8.41. The van der Waals surface area contributed by atoms with E-state index in [0.29, 0.717) is 5.69 Å². The fraction of sp³-hybridized carbons (Fsp3) is 0.412. The van der Waals surface area contributed by atoms with Gasteiger partial charge in [0.2, 0.25) is 0 Å². The van der Waals surface area contributed by atoms with Crippen LogP contribution in [-0.4, -0.2) is 55.5 Å². The normalized spacial score (nSPS) is 15.2. The molecule has 1 aliphatic heterocycles. The summed E-state index contributed by atoms with van der Waals surface area (Å²) in [5, 5.41) is 6.38. The Morgan fingerprint density at radius 1 is 1.16 bits per heavy atom. The number of benzene rings is 1. The monoisotopic (exact) mass is 364 g/mol. The van der Waals surface area contributed by atoms with Gasteiger partial charge in [0.05, 0.1) is 26.1 Å². The highest BCUT2D eigenvalue weighted by Gasteiger charge is 2.20. The highest BCUT2D eigenvalue weighted by Crippen LogP contribution is 2.28. The molecule has 0 spiro atoms. The fourth-order valence-corrected chi connectivity index (χ4v) is 3.19. The molecule has 1 N–H and O–H groups in total. The van der Waals surface area contributed by atoms with Crippen molar-refractivity contribution in [3.8, 4) is 11.5 Å². The Balaban J connectivity index is 1.63. The van der Waals surface area contributed by atoms with E-state index in [4.69, 9.17) is 21.1 Å². The predicted octanol–water partition coefficient (Wildman–Crippen LogP) is 1.76. The molecule has 134 valence electrons. The van der Waals surface area contributed by atoms with Gasteiger partial charge in [-0.05, 0) is 17.7 Å². The molecule has 1 saturated heterocycles. The number of nitrogens with one attached hydrogen (secondary N) is 1. The van der Waals surface area contributed by atoms with Gasteiger partial charge in [-0.2, -0.15) is 5.10 Å². The molecule has 1 aromatic carbocycles. The van der Waals surface area contributed by atoms with Gasteiger partial charge in [-0.25, -0.2) is 5.10 Å². The number of hydrogen-bond acceptors (Lipinski definition) is 6. The van der Waals surface area contributed by atoms with Crippen molar-refractivity contribution in [2.24, 2.45) is 0 Å². The van der Waals surface area contributed by atoms with Crippen LogP contribution in [-0.2, 0) is 6.54 Å². The lowest BCUT2D eigenvalue weighted by Crippen LogP contribution is -2.46.